The molecule has 3 aliphatic rings. The zero-order valence-corrected chi connectivity index (χ0v) is 18.9. The van der Waals surface area contributed by atoms with Crippen LogP contribution in [0.1, 0.15) is 30.5 Å². The number of rotatable bonds is 5. The molecule has 2 aromatic rings. The largest absolute Gasteiger partial charge is 0.496 e. The van der Waals surface area contributed by atoms with E-state index in [1.807, 2.05) is 43.3 Å². The number of benzene rings is 2. The van der Waals surface area contributed by atoms with E-state index in [9.17, 15) is 19.5 Å². The van der Waals surface area contributed by atoms with Crippen LogP contribution in [0.5, 0.6) is 5.75 Å². The summed E-state index contributed by atoms with van der Waals surface area (Å²) in [6.07, 6.45) is -0.161. The van der Waals surface area contributed by atoms with E-state index >= 15 is 0 Å². The van der Waals surface area contributed by atoms with Gasteiger partial charge in [0, 0.05) is 11.1 Å². The van der Waals surface area contributed by atoms with Crippen LogP contribution in [-0.2, 0) is 32.9 Å². The van der Waals surface area contributed by atoms with E-state index in [-0.39, 0.29) is 24.3 Å². The predicted molar refractivity (Wildman–Crippen MR) is 119 cm³/mol. The Labute approximate surface area is 191 Å². The maximum Gasteiger partial charge on any atom is 0.291 e. The van der Waals surface area contributed by atoms with Crippen LogP contribution >= 0.6 is 0 Å². The second-order valence-electron chi connectivity index (χ2n) is 9.08. The van der Waals surface area contributed by atoms with Crippen molar-refractivity contribution in [2.24, 2.45) is 11.8 Å². The number of nitrogens with two attached hydrogens (primary N) is 1. The lowest BCUT2D eigenvalue weighted by atomic mass is 9.76. The third-order valence-corrected chi connectivity index (χ3v) is 7.47. The monoisotopic (exact) mass is 450 g/mol. The lowest BCUT2D eigenvalue weighted by molar-refractivity contribution is -0.738. The fraction of sp³-hybridized carbons (Fsp3) is 0.400. The Kier molecular flexibility index (Phi) is 5.02. The Hall–Kier alpha value is -3.23. The van der Waals surface area contributed by atoms with Crippen LogP contribution in [0.15, 0.2) is 42.5 Å². The molecule has 2 aromatic carbocycles. The summed E-state index contributed by atoms with van der Waals surface area (Å²) in [5.74, 6) is -2.17. The molecule has 5 rings (SSSR count). The number of quaternary nitrogens is 1. The second-order valence-corrected chi connectivity index (χ2v) is 9.08. The Balaban J connectivity index is 1.62. The van der Waals surface area contributed by atoms with Gasteiger partial charge < -0.3 is 20.5 Å². The van der Waals surface area contributed by atoms with Crippen molar-refractivity contribution in [2.75, 3.05) is 12.4 Å². The van der Waals surface area contributed by atoms with Gasteiger partial charge in [-0.25, -0.2) is 0 Å². The van der Waals surface area contributed by atoms with Gasteiger partial charge in [-0.2, -0.15) is 0 Å². The molecule has 1 spiro atoms. The SMILES string of the molecule is CCc1cccc2c1NC(=O)[C@]21[NH2+][C@@H]([C@@H](C)O)[C@H]2C(=O)N(Cc3ccccc3OC)C(=O)[C@H]21. The van der Waals surface area contributed by atoms with Crippen LogP contribution in [0.3, 0.4) is 0 Å². The van der Waals surface area contributed by atoms with E-state index in [4.69, 9.17) is 4.74 Å². The molecule has 33 heavy (non-hydrogen) atoms. The van der Waals surface area contributed by atoms with E-state index < -0.39 is 29.5 Å². The molecule has 0 bridgehead atoms. The molecule has 2 saturated heterocycles. The molecule has 2 fully saturated rings. The van der Waals surface area contributed by atoms with Gasteiger partial charge in [-0.1, -0.05) is 43.3 Å². The Morgan fingerprint density at radius 2 is 1.85 bits per heavy atom. The van der Waals surface area contributed by atoms with Crippen LogP contribution in [-0.4, -0.2) is 47.0 Å². The van der Waals surface area contributed by atoms with E-state index in [2.05, 4.69) is 5.32 Å². The number of anilines is 1. The molecule has 3 aliphatic heterocycles. The number of nitrogens with zero attached hydrogens (tertiary/aromatic N) is 1. The minimum absolute atomic E-state index is 0.0563. The fourth-order valence-corrected chi connectivity index (χ4v) is 5.93. The molecule has 0 saturated carbocycles. The predicted octanol–water partition coefficient (Wildman–Crippen LogP) is 0.533. The van der Waals surface area contributed by atoms with Crippen molar-refractivity contribution < 1.29 is 29.5 Å². The number of para-hydroxylation sites is 2. The number of carbonyl (C=O) groups excluding carboxylic acids is 3. The van der Waals surface area contributed by atoms with E-state index in [1.165, 1.54) is 4.90 Å². The van der Waals surface area contributed by atoms with Crippen molar-refractivity contribution >= 4 is 23.4 Å². The highest BCUT2D eigenvalue weighted by atomic mass is 16.5. The molecule has 8 nitrogen and oxygen atoms in total. The van der Waals surface area contributed by atoms with Gasteiger partial charge in [0.25, 0.3) is 5.91 Å². The normalized spacial score (nSPS) is 28.8. The summed E-state index contributed by atoms with van der Waals surface area (Å²) in [4.78, 5) is 42.2. The molecule has 0 unspecified atom stereocenters. The molecular formula is C25H28N3O5+. The highest BCUT2D eigenvalue weighted by molar-refractivity contribution is 6.14. The molecule has 8 heteroatoms. The van der Waals surface area contributed by atoms with Gasteiger partial charge >= 0.3 is 0 Å². The number of aliphatic hydroxyl groups is 1. The van der Waals surface area contributed by atoms with Crippen LogP contribution < -0.4 is 15.4 Å². The number of carbonyl (C=O) groups is 3. The summed E-state index contributed by atoms with van der Waals surface area (Å²) < 4.78 is 5.40. The quantitative estimate of drug-likeness (QED) is 0.576. The minimum Gasteiger partial charge on any atom is -0.496 e. The Bertz CT molecular complexity index is 1160. The third kappa shape index (κ3) is 2.87. The van der Waals surface area contributed by atoms with E-state index in [0.29, 0.717) is 16.9 Å². The van der Waals surface area contributed by atoms with Gasteiger partial charge in [0.05, 0.1) is 19.3 Å². The first kappa shape index (κ1) is 21.6. The number of aliphatic hydroxyl groups excluding tert-OH is 1. The summed E-state index contributed by atoms with van der Waals surface area (Å²) in [6, 6.07) is 12.3. The van der Waals surface area contributed by atoms with Crippen molar-refractivity contribution in [1.82, 2.24) is 4.90 Å². The molecular weight excluding hydrogens is 422 g/mol. The smallest absolute Gasteiger partial charge is 0.291 e. The van der Waals surface area contributed by atoms with Crippen molar-refractivity contribution in [1.29, 1.82) is 0 Å². The molecule has 0 aliphatic carbocycles. The number of imide groups is 1. The van der Waals surface area contributed by atoms with Crippen LogP contribution in [0.25, 0.3) is 0 Å². The van der Waals surface area contributed by atoms with Gasteiger partial charge in [0.15, 0.2) is 0 Å². The third-order valence-electron chi connectivity index (χ3n) is 7.47. The topological polar surface area (TPSA) is 113 Å². The Morgan fingerprint density at radius 3 is 2.55 bits per heavy atom. The average Bonchev–Trinajstić information content (AvgIpc) is 3.40. The summed E-state index contributed by atoms with van der Waals surface area (Å²) in [5, 5.41) is 15.3. The molecule has 0 radical (unpaired) electrons. The number of nitrogens with one attached hydrogen (secondary N) is 1. The summed E-state index contributed by atoms with van der Waals surface area (Å²) >= 11 is 0. The number of amides is 3. The highest BCUT2D eigenvalue weighted by Gasteiger charge is 2.74. The first-order valence-corrected chi connectivity index (χ1v) is 11.3. The standard InChI is InChI=1S/C25H27N3O5/c1-4-14-9-7-10-16-21(14)26-24(32)25(16)19-18(20(27-25)13(2)29)22(30)28(23(19)31)12-15-8-5-6-11-17(15)33-3/h5-11,13,18-20,27,29H,4,12H2,1-3H3,(H,26,32)/p+1/t13-,18+,19+,20+,25+/m1/s1. The van der Waals surface area contributed by atoms with Crippen LogP contribution in [0.2, 0.25) is 0 Å². The lowest BCUT2D eigenvalue weighted by Gasteiger charge is -2.27. The van der Waals surface area contributed by atoms with Crippen molar-refractivity contribution in [3.05, 3.63) is 59.2 Å². The number of hydrogen-bond acceptors (Lipinski definition) is 5. The second kappa shape index (κ2) is 7.67. The number of fused-ring (bicyclic) bond motifs is 4. The first-order chi connectivity index (χ1) is 15.8. The van der Waals surface area contributed by atoms with Gasteiger partial charge in [-0.15, -0.1) is 0 Å². The molecule has 172 valence electrons. The maximum absolute atomic E-state index is 13.8. The van der Waals surface area contributed by atoms with E-state index in [1.54, 1.807) is 25.4 Å². The van der Waals surface area contributed by atoms with E-state index in [0.717, 1.165) is 17.7 Å². The van der Waals surface area contributed by atoms with Crippen LogP contribution in [0.4, 0.5) is 5.69 Å². The average molecular weight is 451 g/mol. The maximum atomic E-state index is 13.8. The first-order valence-electron chi connectivity index (χ1n) is 11.3. The summed E-state index contributed by atoms with van der Waals surface area (Å²) in [6.45, 7) is 3.67. The number of hydrogen-bond donors (Lipinski definition) is 3. The van der Waals surface area contributed by atoms with Gasteiger partial charge in [0.2, 0.25) is 17.4 Å². The zero-order valence-electron chi connectivity index (χ0n) is 18.9. The van der Waals surface area contributed by atoms with Crippen molar-refractivity contribution in [3.63, 3.8) is 0 Å². The zero-order chi connectivity index (χ0) is 23.5. The lowest BCUT2D eigenvalue weighted by Crippen LogP contribution is -3.00. The van der Waals surface area contributed by atoms with Crippen LogP contribution in [0, 0.1) is 11.8 Å². The molecule has 5 atom stereocenters. The number of likely N-dealkylation sites (tertiary alicyclic amines) is 1. The van der Waals surface area contributed by atoms with Gasteiger partial charge in [0.1, 0.15) is 29.7 Å². The van der Waals surface area contributed by atoms with Gasteiger partial charge in [-0.3, -0.25) is 19.3 Å². The fourth-order valence-electron chi connectivity index (χ4n) is 5.93. The van der Waals surface area contributed by atoms with Crippen molar-refractivity contribution in [2.45, 2.75) is 44.5 Å². The minimum atomic E-state index is -1.28. The molecule has 4 N–H and O–H groups in total. The number of methoxy groups -OCH3 is 1. The number of aryl methyl sites for hydroxylation is 1. The molecule has 3 amide bonds. The summed E-state index contributed by atoms with van der Waals surface area (Å²) in [7, 11) is 1.54. The van der Waals surface area contributed by atoms with Gasteiger partial charge in [-0.05, 0) is 25.0 Å². The highest BCUT2D eigenvalue weighted by Crippen LogP contribution is 2.50. The number of ether oxygens (including phenoxy) is 1. The molecule has 0 aromatic heterocycles. The Morgan fingerprint density at radius 1 is 1.12 bits per heavy atom. The van der Waals surface area contributed by atoms with Crippen molar-refractivity contribution in [3.8, 4) is 5.75 Å². The molecule has 3 heterocycles. The summed E-state index contributed by atoms with van der Waals surface area (Å²) in [5.41, 5.74) is 1.83.